The van der Waals surface area contributed by atoms with Crippen molar-refractivity contribution in [1.82, 2.24) is 4.31 Å². The lowest BCUT2D eigenvalue weighted by Crippen LogP contribution is -2.43. The highest BCUT2D eigenvalue weighted by atomic mass is 32.2. The van der Waals surface area contributed by atoms with Crippen LogP contribution in [0, 0.1) is 22.6 Å². The van der Waals surface area contributed by atoms with Crippen molar-refractivity contribution in [2.45, 2.75) is 38.6 Å². The second-order valence-electron chi connectivity index (χ2n) is 5.79. The molecule has 1 aromatic rings. The largest absolute Gasteiger partial charge is 0.244 e. The van der Waals surface area contributed by atoms with Gasteiger partial charge in [0, 0.05) is 13.1 Å². The zero-order valence-corrected chi connectivity index (χ0v) is 13.1. The van der Waals surface area contributed by atoms with Crippen LogP contribution in [0.2, 0.25) is 0 Å². The maximum atomic E-state index is 13.6. The van der Waals surface area contributed by atoms with Gasteiger partial charge in [-0.3, -0.25) is 0 Å². The quantitative estimate of drug-likeness (QED) is 0.862. The van der Waals surface area contributed by atoms with Crippen molar-refractivity contribution in [1.29, 1.82) is 5.26 Å². The van der Waals surface area contributed by atoms with E-state index in [2.05, 4.69) is 0 Å². The molecule has 110 valence electrons. The van der Waals surface area contributed by atoms with Gasteiger partial charge in [-0.05, 0) is 24.5 Å². The summed E-state index contributed by atoms with van der Waals surface area (Å²) in [7, 11) is -2.47. The Bertz CT molecular complexity index is 642. The molecule has 0 aromatic heterocycles. The van der Waals surface area contributed by atoms with E-state index in [0.717, 1.165) is 6.07 Å². The Balaban J connectivity index is 3.40. The van der Waals surface area contributed by atoms with Gasteiger partial charge in [-0.15, -0.1) is 0 Å². The first-order valence-corrected chi connectivity index (χ1v) is 7.64. The zero-order valence-electron chi connectivity index (χ0n) is 12.3. The van der Waals surface area contributed by atoms with Crippen molar-refractivity contribution in [2.75, 3.05) is 7.05 Å². The summed E-state index contributed by atoms with van der Waals surface area (Å²) in [6.07, 6.45) is 0. The number of hydrogen-bond acceptors (Lipinski definition) is 3. The third-order valence-electron chi connectivity index (χ3n) is 3.54. The van der Waals surface area contributed by atoms with E-state index in [1.165, 1.54) is 23.5 Å². The summed E-state index contributed by atoms with van der Waals surface area (Å²) in [5, 5.41) is 8.97. The fraction of sp³-hybridized carbons (Fsp3) is 0.500. The summed E-state index contributed by atoms with van der Waals surface area (Å²) in [5.41, 5.74) is -0.720. The maximum absolute atomic E-state index is 13.6. The molecular weight excluding hydrogens is 279 g/mol. The lowest BCUT2D eigenvalue weighted by molar-refractivity contribution is 0.216. The van der Waals surface area contributed by atoms with Gasteiger partial charge in [0.05, 0.1) is 0 Å². The van der Waals surface area contributed by atoms with Gasteiger partial charge in [0.1, 0.15) is 22.3 Å². The molecule has 0 aliphatic heterocycles. The number of benzene rings is 1. The molecule has 1 aromatic carbocycles. The topological polar surface area (TPSA) is 61.2 Å². The molecule has 0 saturated carbocycles. The summed E-state index contributed by atoms with van der Waals surface area (Å²) in [5.74, 6) is -0.828. The van der Waals surface area contributed by atoms with Crippen LogP contribution in [0.25, 0.3) is 0 Å². The van der Waals surface area contributed by atoms with Gasteiger partial charge < -0.3 is 0 Å². The van der Waals surface area contributed by atoms with Crippen molar-refractivity contribution < 1.29 is 12.8 Å². The smallest absolute Gasteiger partial charge is 0.207 e. The Hall–Kier alpha value is -1.45. The standard InChI is InChI=1S/C14H19FN2O2S/c1-10(14(2,3)4)17(5)20(18,19)13-8-6-7-12(15)11(13)9-16/h6-8,10H,1-5H3. The van der Waals surface area contributed by atoms with Crippen molar-refractivity contribution in [3.63, 3.8) is 0 Å². The van der Waals surface area contributed by atoms with Crippen molar-refractivity contribution >= 4 is 10.0 Å². The lowest BCUT2D eigenvalue weighted by atomic mass is 9.88. The Morgan fingerprint density at radius 3 is 2.35 bits per heavy atom. The second-order valence-corrected chi connectivity index (χ2v) is 7.75. The summed E-state index contributed by atoms with van der Waals surface area (Å²) in [6, 6.07) is 4.94. The van der Waals surface area contributed by atoms with E-state index in [9.17, 15) is 12.8 Å². The van der Waals surface area contributed by atoms with Gasteiger partial charge in [0.25, 0.3) is 0 Å². The first-order chi connectivity index (χ1) is 9.03. The molecular formula is C14H19FN2O2S. The first-order valence-electron chi connectivity index (χ1n) is 6.20. The van der Waals surface area contributed by atoms with Crippen LogP contribution >= 0.6 is 0 Å². The predicted octanol–water partition coefficient (Wildman–Crippen LogP) is 2.75. The van der Waals surface area contributed by atoms with Crippen LogP contribution in [0.4, 0.5) is 4.39 Å². The van der Waals surface area contributed by atoms with Crippen molar-refractivity contribution in [3.05, 3.63) is 29.6 Å². The Morgan fingerprint density at radius 1 is 1.35 bits per heavy atom. The summed E-state index contributed by atoms with van der Waals surface area (Å²) in [6.45, 7) is 7.53. The highest BCUT2D eigenvalue weighted by Crippen LogP contribution is 2.29. The lowest BCUT2D eigenvalue weighted by Gasteiger charge is -2.34. The molecule has 20 heavy (non-hydrogen) atoms. The van der Waals surface area contributed by atoms with Crippen LogP contribution in [-0.4, -0.2) is 25.8 Å². The molecule has 0 N–H and O–H groups in total. The highest BCUT2D eigenvalue weighted by Gasteiger charge is 2.34. The summed E-state index contributed by atoms with van der Waals surface area (Å²) >= 11 is 0. The minimum Gasteiger partial charge on any atom is -0.207 e. The number of halogens is 1. The average molecular weight is 298 g/mol. The van der Waals surface area contributed by atoms with Crippen LogP contribution in [0.5, 0.6) is 0 Å². The molecule has 0 aliphatic rings. The van der Waals surface area contributed by atoms with Crippen LogP contribution < -0.4 is 0 Å². The molecule has 1 atom stereocenters. The Morgan fingerprint density at radius 2 is 1.90 bits per heavy atom. The van der Waals surface area contributed by atoms with Crippen molar-refractivity contribution in [3.8, 4) is 6.07 Å². The average Bonchev–Trinajstić information content (AvgIpc) is 2.35. The third kappa shape index (κ3) is 3.00. The molecule has 4 nitrogen and oxygen atoms in total. The molecule has 1 unspecified atom stereocenters. The second kappa shape index (κ2) is 5.51. The summed E-state index contributed by atoms with van der Waals surface area (Å²) < 4.78 is 39.9. The van der Waals surface area contributed by atoms with Crippen LogP contribution in [0.15, 0.2) is 23.1 Å². The van der Waals surface area contributed by atoms with Gasteiger partial charge in [-0.25, -0.2) is 12.8 Å². The SMILES string of the molecule is CC(N(C)S(=O)(=O)c1cccc(F)c1C#N)C(C)(C)C. The fourth-order valence-corrected chi connectivity index (χ4v) is 3.43. The molecule has 0 bridgehead atoms. The molecule has 1 rings (SSSR count). The maximum Gasteiger partial charge on any atom is 0.244 e. The number of nitrogens with zero attached hydrogens (tertiary/aromatic N) is 2. The van der Waals surface area contributed by atoms with Crippen LogP contribution in [-0.2, 0) is 10.0 Å². The first kappa shape index (κ1) is 16.6. The molecule has 0 saturated heterocycles. The fourth-order valence-electron chi connectivity index (χ4n) is 1.74. The van der Waals surface area contributed by atoms with Crippen molar-refractivity contribution in [2.24, 2.45) is 5.41 Å². The number of hydrogen-bond donors (Lipinski definition) is 0. The third-order valence-corrected chi connectivity index (χ3v) is 5.51. The summed E-state index contributed by atoms with van der Waals surface area (Å²) in [4.78, 5) is -0.293. The molecule has 0 aliphatic carbocycles. The molecule has 0 spiro atoms. The minimum absolute atomic E-state index is 0.276. The molecule has 6 heteroatoms. The number of sulfonamides is 1. The van der Waals surface area contributed by atoms with E-state index in [1.807, 2.05) is 20.8 Å². The van der Waals surface area contributed by atoms with E-state index in [0.29, 0.717) is 0 Å². The number of nitriles is 1. The highest BCUT2D eigenvalue weighted by molar-refractivity contribution is 7.89. The normalized spacial score (nSPS) is 14.1. The van der Waals surface area contributed by atoms with Crippen LogP contribution in [0.3, 0.4) is 0 Å². The Kier molecular flexibility index (Phi) is 4.57. The monoisotopic (exact) mass is 298 g/mol. The zero-order chi connectivity index (χ0) is 15.7. The van der Waals surface area contributed by atoms with Gasteiger partial charge in [0.15, 0.2) is 0 Å². The molecule has 0 radical (unpaired) electrons. The van der Waals surface area contributed by atoms with E-state index in [4.69, 9.17) is 5.26 Å². The van der Waals surface area contributed by atoms with Gasteiger partial charge in [-0.1, -0.05) is 26.8 Å². The Labute approximate surface area is 119 Å². The van der Waals surface area contributed by atoms with Crippen LogP contribution in [0.1, 0.15) is 33.3 Å². The van der Waals surface area contributed by atoms with Gasteiger partial charge in [-0.2, -0.15) is 9.57 Å². The van der Waals surface area contributed by atoms with E-state index in [-0.39, 0.29) is 16.4 Å². The van der Waals surface area contributed by atoms with E-state index in [1.54, 1.807) is 13.0 Å². The van der Waals surface area contributed by atoms with E-state index < -0.39 is 21.4 Å². The number of rotatable bonds is 3. The molecule has 0 fully saturated rings. The predicted molar refractivity (Wildman–Crippen MR) is 75.0 cm³/mol. The molecule has 0 heterocycles. The molecule has 0 amide bonds. The minimum atomic E-state index is -3.92. The van der Waals surface area contributed by atoms with Gasteiger partial charge >= 0.3 is 0 Å². The van der Waals surface area contributed by atoms with E-state index >= 15 is 0 Å². The van der Waals surface area contributed by atoms with Gasteiger partial charge in [0.2, 0.25) is 10.0 Å².